The van der Waals surface area contributed by atoms with Gasteiger partial charge in [-0.25, -0.2) is 9.59 Å². The second-order valence-corrected chi connectivity index (χ2v) is 9.19. The van der Waals surface area contributed by atoms with E-state index in [1.54, 1.807) is 0 Å². The number of esters is 2. The first-order valence-electron chi connectivity index (χ1n) is 13.0. The zero-order valence-corrected chi connectivity index (χ0v) is 21.0. The van der Waals surface area contributed by atoms with Gasteiger partial charge in [0, 0.05) is 12.2 Å². The molecule has 0 aromatic carbocycles. The van der Waals surface area contributed by atoms with Gasteiger partial charge >= 0.3 is 11.9 Å². The molecule has 0 aliphatic rings. The number of rotatable bonds is 21. The van der Waals surface area contributed by atoms with Crippen LogP contribution in [-0.2, 0) is 19.1 Å². The van der Waals surface area contributed by atoms with Crippen LogP contribution in [0, 0.1) is 5.92 Å². The van der Waals surface area contributed by atoms with Crippen molar-refractivity contribution in [2.24, 2.45) is 5.92 Å². The number of carbonyl (C=O) groups is 2. The lowest BCUT2D eigenvalue weighted by Gasteiger charge is -2.14. The van der Waals surface area contributed by atoms with Gasteiger partial charge in [-0.3, -0.25) is 0 Å². The topological polar surface area (TPSA) is 52.6 Å². The van der Waals surface area contributed by atoms with E-state index >= 15 is 0 Å². The van der Waals surface area contributed by atoms with Gasteiger partial charge in [-0.1, -0.05) is 117 Å². The van der Waals surface area contributed by atoms with Crippen LogP contribution in [0.15, 0.2) is 12.2 Å². The minimum absolute atomic E-state index is 0.168. The van der Waals surface area contributed by atoms with E-state index < -0.39 is 11.9 Å². The number of unbranched alkanes of at least 4 members (excludes halogenated alkanes) is 15. The van der Waals surface area contributed by atoms with Gasteiger partial charge < -0.3 is 9.47 Å². The van der Waals surface area contributed by atoms with Crippen molar-refractivity contribution < 1.29 is 19.1 Å². The highest BCUT2D eigenvalue weighted by molar-refractivity contribution is 5.91. The molecule has 0 aliphatic carbocycles. The molecule has 1 atom stereocenters. The van der Waals surface area contributed by atoms with Gasteiger partial charge in [0.05, 0.1) is 6.61 Å². The van der Waals surface area contributed by atoms with E-state index in [2.05, 4.69) is 6.92 Å². The van der Waals surface area contributed by atoms with Gasteiger partial charge in [0.25, 0.3) is 0 Å². The first kappa shape index (κ1) is 29.7. The molecule has 0 amide bonds. The van der Waals surface area contributed by atoms with Gasteiger partial charge in [0.1, 0.15) is 6.10 Å². The van der Waals surface area contributed by atoms with Crippen LogP contribution >= 0.6 is 0 Å². The maximum absolute atomic E-state index is 11.6. The van der Waals surface area contributed by atoms with Crippen molar-refractivity contribution in [3.63, 3.8) is 0 Å². The summed E-state index contributed by atoms with van der Waals surface area (Å²) in [5.41, 5.74) is 0. The maximum atomic E-state index is 11.6. The average Bonchev–Trinajstić information content (AvgIpc) is 2.74. The Labute approximate surface area is 192 Å². The van der Waals surface area contributed by atoms with Crippen LogP contribution in [0.25, 0.3) is 0 Å². The van der Waals surface area contributed by atoms with E-state index in [1.807, 2.05) is 20.8 Å². The van der Waals surface area contributed by atoms with Crippen molar-refractivity contribution >= 4 is 11.9 Å². The summed E-state index contributed by atoms with van der Waals surface area (Å²) in [6, 6.07) is 0. The van der Waals surface area contributed by atoms with Crippen LogP contribution in [0.1, 0.15) is 130 Å². The SMILES string of the molecule is CCCCCCCCCCCCCCCCCCOC(=O)/C=C/C(=O)OC(C)C(C)C. The van der Waals surface area contributed by atoms with E-state index in [1.165, 1.54) is 89.9 Å². The monoisotopic (exact) mass is 438 g/mol. The van der Waals surface area contributed by atoms with Crippen molar-refractivity contribution in [1.29, 1.82) is 0 Å². The molecule has 0 spiro atoms. The van der Waals surface area contributed by atoms with Crippen LogP contribution in [0.5, 0.6) is 0 Å². The summed E-state index contributed by atoms with van der Waals surface area (Å²) >= 11 is 0. The number of hydrogen-bond donors (Lipinski definition) is 0. The fourth-order valence-electron chi connectivity index (χ4n) is 3.37. The smallest absolute Gasteiger partial charge is 0.331 e. The summed E-state index contributed by atoms with van der Waals surface area (Å²) in [5, 5.41) is 0. The molecule has 0 saturated carbocycles. The summed E-state index contributed by atoms with van der Waals surface area (Å²) in [6.07, 6.45) is 23.3. The first-order chi connectivity index (χ1) is 15.0. The van der Waals surface area contributed by atoms with E-state index in [-0.39, 0.29) is 12.0 Å². The van der Waals surface area contributed by atoms with E-state index in [4.69, 9.17) is 9.47 Å². The Kier molecular flexibility index (Phi) is 21.0. The molecule has 0 aliphatic heterocycles. The third-order valence-electron chi connectivity index (χ3n) is 5.84. The van der Waals surface area contributed by atoms with Crippen molar-refractivity contribution in [2.45, 2.75) is 137 Å². The summed E-state index contributed by atoms with van der Waals surface area (Å²) in [7, 11) is 0. The van der Waals surface area contributed by atoms with Crippen LogP contribution in [-0.4, -0.2) is 24.6 Å². The van der Waals surface area contributed by atoms with E-state index in [9.17, 15) is 9.59 Å². The molecule has 4 nitrogen and oxygen atoms in total. The van der Waals surface area contributed by atoms with Crippen molar-refractivity contribution in [3.05, 3.63) is 12.2 Å². The van der Waals surface area contributed by atoms with Gasteiger partial charge in [0.2, 0.25) is 0 Å². The molecule has 31 heavy (non-hydrogen) atoms. The Morgan fingerprint density at radius 2 is 1.00 bits per heavy atom. The third kappa shape index (κ3) is 21.7. The van der Waals surface area contributed by atoms with Gasteiger partial charge in [-0.15, -0.1) is 0 Å². The molecule has 182 valence electrons. The second-order valence-electron chi connectivity index (χ2n) is 9.19. The quantitative estimate of drug-likeness (QED) is 0.104. The van der Waals surface area contributed by atoms with E-state index in [0.717, 1.165) is 25.0 Å². The van der Waals surface area contributed by atoms with Crippen molar-refractivity contribution in [3.8, 4) is 0 Å². The Bertz CT molecular complexity index is 456. The van der Waals surface area contributed by atoms with Crippen LogP contribution in [0.4, 0.5) is 0 Å². The predicted molar refractivity (Wildman–Crippen MR) is 130 cm³/mol. The van der Waals surface area contributed by atoms with Crippen molar-refractivity contribution in [2.75, 3.05) is 6.61 Å². The fourth-order valence-corrected chi connectivity index (χ4v) is 3.37. The summed E-state index contributed by atoms with van der Waals surface area (Å²) in [6.45, 7) is 8.49. The predicted octanol–water partition coefficient (Wildman–Crippen LogP) is 7.94. The molecule has 0 fully saturated rings. The molecular weight excluding hydrogens is 388 g/mol. The highest BCUT2D eigenvalue weighted by atomic mass is 16.5. The molecule has 0 heterocycles. The Morgan fingerprint density at radius 1 is 0.613 bits per heavy atom. The molecule has 0 radical (unpaired) electrons. The highest BCUT2D eigenvalue weighted by Crippen LogP contribution is 2.13. The van der Waals surface area contributed by atoms with Crippen LogP contribution in [0.3, 0.4) is 0 Å². The lowest BCUT2D eigenvalue weighted by molar-refractivity contribution is -0.145. The Morgan fingerprint density at radius 3 is 1.42 bits per heavy atom. The second kappa shape index (κ2) is 21.9. The Balaban J connectivity index is 3.36. The average molecular weight is 439 g/mol. The molecule has 1 unspecified atom stereocenters. The zero-order chi connectivity index (χ0) is 23.2. The molecule has 0 aromatic heterocycles. The lowest BCUT2D eigenvalue weighted by Crippen LogP contribution is -2.19. The number of carbonyl (C=O) groups excluding carboxylic acids is 2. The summed E-state index contributed by atoms with van der Waals surface area (Å²) in [4.78, 5) is 23.2. The molecule has 4 heteroatoms. The minimum atomic E-state index is -0.499. The molecule has 0 saturated heterocycles. The first-order valence-corrected chi connectivity index (χ1v) is 13.0. The molecule has 0 bridgehead atoms. The third-order valence-corrected chi connectivity index (χ3v) is 5.84. The van der Waals surface area contributed by atoms with Crippen LogP contribution < -0.4 is 0 Å². The number of hydrogen-bond acceptors (Lipinski definition) is 4. The standard InChI is InChI=1S/C27H50O4/c1-5-6-7-8-9-10-11-12-13-14-15-16-17-18-19-20-23-30-26(28)21-22-27(29)31-25(4)24(2)3/h21-22,24-25H,5-20,23H2,1-4H3/b22-21+. The summed E-state index contributed by atoms with van der Waals surface area (Å²) < 4.78 is 10.3. The minimum Gasteiger partial charge on any atom is -0.463 e. The molecule has 0 rings (SSSR count). The normalized spacial score (nSPS) is 12.4. The van der Waals surface area contributed by atoms with Gasteiger partial charge in [-0.05, 0) is 19.3 Å². The largest absolute Gasteiger partial charge is 0.463 e. The Hall–Kier alpha value is -1.32. The fraction of sp³-hybridized carbons (Fsp3) is 0.852. The maximum Gasteiger partial charge on any atom is 0.331 e. The molecule has 0 N–H and O–H groups in total. The van der Waals surface area contributed by atoms with E-state index in [0.29, 0.717) is 6.61 Å². The number of ether oxygens (including phenoxy) is 2. The lowest BCUT2D eigenvalue weighted by atomic mass is 10.0. The zero-order valence-electron chi connectivity index (χ0n) is 21.0. The van der Waals surface area contributed by atoms with Gasteiger partial charge in [0.15, 0.2) is 0 Å². The highest BCUT2D eigenvalue weighted by Gasteiger charge is 2.11. The van der Waals surface area contributed by atoms with Gasteiger partial charge in [-0.2, -0.15) is 0 Å². The molecule has 0 aromatic rings. The van der Waals surface area contributed by atoms with Crippen LogP contribution in [0.2, 0.25) is 0 Å². The van der Waals surface area contributed by atoms with Crippen molar-refractivity contribution in [1.82, 2.24) is 0 Å². The summed E-state index contributed by atoms with van der Waals surface area (Å²) in [5.74, 6) is -0.727. The molecular formula is C27H50O4.